The zero-order valence-electron chi connectivity index (χ0n) is 14.0. The third kappa shape index (κ3) is 2.80. The van der Waals surface area contributed by atoms with Crippen molar-refractivity contribution in [3.8, 4) is 17.2 Å². The number of aryl methyl sites for hydroxylation is 1. The van der Waals surface area contributed by atoms with Gasteiger partial charge in [-0.05, 0) is 40.2 Å². The van der Waals surface area contributed by atoms with Gasteiger partial charge in [-0.3, -0.25) is 9.36 Å². The fourth-order valence-electron chi connectivity index (χ4n) is 2.67. The fourth-order valence-corrected chi connectivity index (χ4v) is 3.25. The van der Waals surface area contributed by atoms with Gasteiger partial charge in [0.05, 0.1) is 19.3 Å². The molecule has 0 atom stereocenters. The van der Waals surface area contributed by atoms with Gasteiger partial charge in [-0.25, -0.2) is 14.6 Å². The van der Waals surface area contributed by atoms with Gasteiger partial charge in [-0.15, -0.1) is 0 Å². The largest absolute Gasteiger partial charge is 0.497 e. The molecule has 0 aliphatic rings. The number of fused-ring (bicyclic) bond motifs is 1. The molecule has 0 radical (unpaired) electrons. The van der Waals surface area contributed by atoms with Gasteiger partial charge in [0.15, 0.2) is 5.65 Å². The summed E-state index contributed by atoms with van der Waals surface area (Å²) in [5.74, 6) is 1.24. The average molecular weight is 416 g/mol. The smallest absolute Gasteiger partial charge is 0.266 e. The number of nitrogens with zero attached hydrogens (tertiary/aromatic N) is 5. The summed E-state index contributed by atoms with van der Waals surface area (Å²) in [5, 5.41) is 4.61. The number of ether oxygens (including phenoxy) is 1. The van der Waals surface area contributed by atoms with E-state index < -0.39 is 0 Å². The minimum absolute atomic E-state index is 0.191. The number of benzene rings is 1. The minimum atomic E-state index is -0.191. The molecular formula is C17H14BrN5O3. The van der Waals surface area contributed by atoms with Crippen molar-refractivity contribution in [1.29, 1.82) is 0 Å². The van der Waals surface area contributed by atoms with Crippen LogP contribution in [0.5, 0.6) is 5.75 Å². The molecule has 0 bridgehead atoms. The molecule has 0 saturated heterocycles. The molecule has 3 heterocycles. The third-order valence-electron chi connectivity index (χ3n) is 3.99. The van der Waals surface area contributed by atoms with Crippen LogP contribution < -0.4 is 10.3 Å². The van der Waals surface area contributed by atoms with E-state index in [4.69, 9.17) is 9.15 Å². The molecule has 132 valence electrons. The zero-order valence-corrected chi connectivity index (χ0v) is 15.6. The first-order valence-electron chi connectivity index (χ1n) is 7.73. The van der Waals surface area contributed by atoms with Crippen LogP contribution in [0.25, 0.3) is 22.5 Å². The van der Waals surface area contributed by atoms with E-state index in [0.29, 0.717) is 27.2 Å². The molecule has 3 aromatic heterocycles. The van der Waals surface area contributed by atoms with Crippen molar-refractivity contribution in [1.82, 2.24) is 24.3 Å². The van der Waals surface area contributed by atoms with Crippen LogP contribution in [-0.2, 0) is 13.6 Å². The fraction of sp³-hybridized carbons (Fsp3) is 0.176. The first kappa shape index (κ1) is 16.5. The summed E-state index contributed by atoms with van der Waals surface area (Å²) in [6, 6.07) is 7.39. The molecule has 8 nitrogen and oxygen atoms in total. The van der Waals surface area contributed by atoms with Crippen molar-refractivity contribution < 1.29 is 9.15 Å². The van der Waals surface area contributed by atoms with Crippen molar-refractivity contribution >= 4 is 27.0 Å². The van der Waals surface area contributed by atoms with Gasteiger partial charge < -0.3 is 9.15 Å². The maximum Gasteiger partial charge on any atom is 0.266 e. The summed E-state index contributed by atoms with van der Waals surface area (Å²) in [6.07, 6.45) is 3.02. The number of aromatic nitrogens is 5. The summed E-state index contributed by atoms with van der Waals surface area (Å²) in [6.45, 7) is 0.253. The molecule has 0 unspecified atom stereocenters. The van der Waals surface area contributed by atoms with Crippen LogP contribution in [0.3, 0.4) is 0 Å². The van der Waals surface area contributed by atoms with E-state index >= 15 is 0 Å². The van der Waals surface area contributed by atoms with Gasteiger partial charge in [0.25, 0.3) is 5.56 Å². The normalized spacial score (nSPS) is 11.2. The van der Waals surface area contributed by atoms with Crippen LogP contribution in [0, 0.1) is 0 Å². The molecule has 0 aliphatic heterocycles. The number of hydrogen-bond acceptors (Lipinski definition) is 6. The minimum Gasteiger partial charge on any atom is -0.497 e. The number of methoxy groups -OCH3 is 1. The van der Waals surface area contributed by atoms with E-state index in [9.17, 15) is 4.79 Å². The van der Waals surface area contributed by atoms with Crippen LogP contribution in [0.1, 0.15) is 5.69 Å². The Labute approximate surface area is 156 Å². The molecule has 9 heteroatoms. The monoisotopic (exact) mass is 415 g/mol. The Kier molecular flexibility index (Phi) is 4.08. The highest BCUT2D eigenvalue weighted by molar-refractivity contribution is 9.10. The molecule has 0 N–H and O–H groups in total. The maximum absolute atomic E-state index is 12.7. The third-order valence-corrected chi connectivity index (χ3v) is 4.54. The lowest BCUT2D eigenvalue weighted by molar-refractivity contribution is 0.415. The van der Waals surface area contributed by atoms with Gasteiger partial charge in [0.2, 0.25) is 5.89 Å². The second-order valence-corrected chi connectivity index (χ2v) is 6.41. The summed E-state index contributed by atoms with van der Waals surface area (Å²) in [5.41, 5.74) is 1.79. The molecule has 4 rings (SSSR count). The van der Waals surface area contributed by atoms with E-state index in [1.165, 1.54) is 17.2 Å². The van der Waals surface area contributed by atoms with E-state index in [-0.39, 0.29) is 12.1 Å². The topological polar surface area (TPSA) is 88.0 Å². The van der Waals surface area contributed by atoms with Crippen LogP contribution in [0.2, 0.25) is 0 Å². The Balaban J connectivity index is 1.65. The Bertz CT molecular complexity index is 1140. The van der Waals surface area contributed by atoms with Crippen LogP contribution in [0.15, 0.2) is 50.7 Å². The second-order valence-electron chi connectivity index (χ2n) is 5.66. The summed E-state index contributed by atoms with van der Waals surface area (Å²) in [4.78, 5) is 21.4. The predicted molar refractivity (Wildman–Crippen MR) is 98.1 cm³/mol. The zero-order chi connectivity index (χ0) is 18.3. The molecule has 0 fully saturated rings. The van der Waals surface area contributed by atoms with E-state index in [1.807, 2.05) is 24.3 Å². The van der Waals surface area contributed by atoms with Crippen molar-refractivity contribution in [2.45, 2.75) is 6.54 Å². The molecule has 0 aliphatic carbocycles. The molecule has 1 aromatic carbocycles. The van der Waals surface area contributed by atoms with Crippen LogP contribution >= 0.6 is 15.9 Å². The molecular weight excluding hydrogens is 402 g/mol. The number of hydrogen-bond donors (Lipinski definition) is 0. The highest BCUT2D eigenvalue weighted by atomic mass is 79.9. The lowest BCUT2D eigenvalue weighted by Crippen LogP contribution is -2.21. The Morgan fingerprint density at radius 2 is 2.04 bits per heavy atom. The highest BCUT2D eigenvalue weighted by Gasteiger charge is 2.15. The molecule has 26 heavy (non-hydrogen) atoms. The average Bonchev–Trinajstić information content (AvgIpc) is 3.22. The van der Waals surface area contributed by atoms with Crippen molar-refractivity contribution in [2.75, 3.05) is 7.11 Å². The molecule has 4 aromatic rings. The van der Waals surface area contributed by atoms with E-state index in [0.717, 1.165) is 11.3 Å². The second kappa shape index (κ2) is 6.41. The molecule has 0 saturated carbocycles. The number of halogens is 1. The lowest BCUT2D eigenvalue weighted by atomic mass is 10.2. The van der Waals surface area contributed by atoms with Gasteiger partial charge in [0, 0.05) is 12.6 Å². The Morgan fingerprint density at radius 1 is 1.27 bits per heavy atom. The molecule has 0 spiro atoms. The quantitative estimate of drug-likeness (QED) is 0.508. The lowest BCUT2D eigenvalue weighted by Gasteiger charge is -2.02. The van der Waals surface area contributed by atoms with Crippen molar-refractivity contribution in [3.05, 3.63) is 57.5 Å². The summed E-state index contributed by atoms with van der Waals surface area (Å²) >= 11 is 3.30. The van der Waals surface area contributed by atoms with E-state index in [2.05, 4.69) is 31.0 Å². The maximum atomic E-state index is 12.7. The SMILES string of the molecule is COc1ccc(-c2nc(Cn3cnc4c(c(Br)nn4C)c3=O)co2)cc1. The first-order chi connectivity index (χ1) is 12.6. The first-order valence-corrected chi connectivity index (χ1v) is 8.52. The van der Waals surface area contributed by atoms with Crippen LogP contribution in [-0.4, -0.2) is 31.4 Å². The molecule has 0 amide bonds. The Hall–Kier alpha value is -2.94. The predicted octanol–water partition coefficient (Wildman–Crippen LogP) is 2.60. The van der Waals surface area contributed by atoms with Crippen molar-refractivity contribution in [3.63, 3.8) is 0 Å². The van der Waals surface area contributed by atoms with Crippen LogP contribution in [0.4, 0.5) is 0 Å². The number of oxazole rings is 1. The van der Waals surface area contributed by atoms with Gasteiger partial charge in [-0.2, -0.15) is 5.10 Å². The van der Waals surface area contributed by atoms with Gasteiger partial charge in [0.1, 0.15) is 28.3 Å². The summed E-state index contributed by atoms with van der Waals surface area (Å²) < 4.78 is 14.2. The number of rotatable bonds is 4. The van der Waals surface area contributed by atoms with Gasteiger partial charge in [-0.1, -0.05) is 0 Å². The van der Waals surface area contributed by atoms with E-state index in [1.54, 1.807) is 18.8 Å². The highest BCUT2D eigenvalue weighted by Crippen LogP contribution is 2.22. The summed E-state index contributed by atoms with van der Waals surface area (Å²) in [7, 11) is 3.35. The standard InChI is InChI=1S/C17H14BrN5O3/c1-22-15-13(14(18)21-22)17(24)23(9-19-15)7-11-8-26-16(20-11)10-3-5-12(25-2)6-4-10/h3-6,8-9H,7H2,1-2H3. The van der Waals surface area contributed by atoms with Crippen molar-refractivity contribution in [2.24, 2.45) is 7.05 Å². The Morgan fingerprint density at radius 3 is 2.77 bits per heavy atom. The van der Waals surface area contributed by atoms with Gasteiger partial charge >= 0.3 is 0 Å².